The van der Waals surface area contributed by atoms with Crippen molar-refractivity contribution in [1.82, 2.24) is 24.9 Å². The quantitative estimate of drug-likeness (QED) is 0.219. The first-order chi connectivity index (χ1) is 14.3. The minimum Gasteiger partial charge on any atom is -0.505 e. The predicted octanol–water partition coefficient (Wildman–Crippen LogP) is 1.88. The Morgan fingerprint density at radius 3 is 2.40 bits per heavy atom. The zero-order valence-corrected chi connectivity index (χ0v) is 17.5. The van der Waals surface area contributed by atoms with Gasteiger partial charge in [-0.3, -0.25) is 9.59 Å². The first kappa shape index (κ1) is 20.1. The lowest BCUT2D eigenvalue weighted by Gasteiger charge is -2.07. The number of rotatable bonds is 3. The van der Waals surface area contributed by atoms with Gasteiger partial charge in [0.15, 0.2) is 11.2 Å². The molecular weight excluding hydrogens is 446 g/mol. The maximum atomic E-state index is 12.3. The number of pyridine rings is 2. The molecule has 0 amide bonds. The van der Waals surface area contributed by atoms with Gasteiger partial charge in [-0.1, -0.05) is 0 Å². The number of nitrogens with one attached hydrogen (secondary N) is 4. The van der Waals surface area contributed by atoms with Gasteiger partial charge >= 0.3 is 0 Å². The van der Waals surface area contributed by atoms with Crippen molar-refractivity contribution < 1.29 is 5.11 Å². The number of aromatic amines is 3. The van der Waals surface area contributed by atoms with E-state index in [1.807, 2.05) is 0 Å². The lowest BCUT2D eigenvalue weighted by molar-refractivity contribution is 0.473. The molecule has 0 unspecified atom stereocenters. The van der Waals surface area contributed by atoms with Crippen molar-refractivity contribution in [2.45, 2.75) is 14.9 Å². The van der Waals surface area contributed by atoms with Crippen molar-refractivity contribution in [2.75, 3.05) is 5.32 Å². The third-order valence-electron chi connectivity index (χ3n) is 4.04. The number of fused-ring (bicyclic) bond motifs is 1. The molecule has 0 aliphatic carbocycles. The highest BCUT2D eigenvalue weighted by atomic mass is 32.1. The fourth-order valence-corrected chi connectivity index (χ4v) is 3.57. The number of aromatic hydroxyl groups is 1. The van der Waals surface area contributed by atoms with Crippen LogP contribution >= 0.6 is 37.9 Å². The molecular formula is C17H13N7O3S3. The van der Waals surface area contributed by atoms with E-state index in [1.54, 1.807) is 18.5 Å². The molecule has 0 saturated carbocycles. The molecule has 4 aromatic heterocycles. The minimum atomic E-state index is -0.624. The molecule has 4 heterocycles. The molecule has 0 bridgehead atoms. The van der Waals surface area contributed by atoms with Crippen LogP contribution in [0, 0.1) is 0 Å². The summed E-state index contributed by atoms with van der Waals surface area (Å²) in [5.41, 5.74) is -0.964. The van der Waals surface area contributed by atoms with Crippen molar-refractivity contribution in [1.29, 1.82) is 0 Å². The van der Waals surface area contributed by atoms with Crippen LogP contribution in [0.1, 0.15) is 0 Å². The van der Waals surface area contributed by atoms with Crippen molar-refractivity contribution >= 4 is 65.9 Å². The normalized spacial score (nSPS) is 11.8. The molecule has 10 nitrogen and oxygen atoms in total. The molecule has 4 rings (SSSR count). The highest BCUT2D eigenvalue weighted by Crippen LogP contribution is 2.25. The van der Waals surface area contributed by atoms with E-state index < -0.39 is 11.1 Å². The zero-order chi connectivity index (χ0) is 21.4. The van der Waals surface area contributed by atoms with Crippen LogP contribution in [0.2, 0.25) is 0 Å². The average molecular weight is 460 g/mol. The van der Waals surface area contributed by atoms with Crippen LogP contribution in [0.3, 0.4) is 0 Å². The Balaban J connectivity index is 1.92. The maximum absolute atomic E-state index is 12.3. The highest BCUT2D eigenvalue weighted by molar-refractivity contribution is 7.81. The molecule has 13 heteroatoms. The van der Waals surface area contributed by atoms with E-state index in [2.05, 4.69) is 73.1 Å². The summed E-state index contributed by atoms with van der Waals surface area (Å²) < 4.78 is 0. The van der Waals surface area contributed by atoms with Gasteiger partial charge in [0.05, 0.1) is 10.1 Å². The van der Waals surface area contributed by atoms with Gasteiger partial charge in [0.25, 0.3) is 11.1 Å². The molecule has 0 spiro atoms. The van der Waals surface area contributed by atoms with Gasteiger partial charge in [0, 0.05) is 34.1 Å². The van der Waals surface area contributed by atoms with Crippen LogP contribution < -0.4 is 21.9 Å². The van der Waals surface area contributed by atoms with Crippen LogP contribution in [0.25, 0.3) is 10.8 Å². The Morgan fingerprint density at radius 2 is 1.67 bits per heavy atom. The second-order valence-electron chi connectivity index (χ2n) is 6.03. The largest absolute Gasteiger partial charge is 0.505 e. The zero-order valence-electron chi connectivity index (χ0n) is 14.8. The molecule has 152 valence electrons. The van der Waals surface area contributed by atoms with Crippen LogP contribution in [0.5, 0.6) is 5.75 Å². The second kappa shape index (κ2) is 7.93. The number of nitrogens with zero attached hydrogens (tertiary/aromatic N) is 3. The lowest BCUT2D eigenvalue weighted by Crippen LogP contribution is -2.13. The summed E-state index contributed by atoms with van der Waals surface area (Å²) in [7, 11) is 0. The van der Waals surface area contributed by atoms with E-state index in [4.69, 9.17) is 0 Å². The molecule has 0 aliphatic rings. The number of hydrogen-bond donors (Lipinski definition) is 8. The standard InChI is InChI=1S/C17H13N7O3S3/c25-8-1-10(29)21-16(26)12(8)23-14-6-3-18-4-7(6)15(20-5-19-14)24-13-9(28)2-11(30)22-17(13)27/h1-5,18H,(H,19,20,23,24)(H3,21,25,26,29)(H3,22,27,28,30). The van der Waals surface area contributed by atoms with Gasteiger partial charge < -0.3 is 25.4 Å². The third kappa shape index (κ3) is 3.81. The summed E-state index contributed by atoms with van der Waals surface area (Å²) in [6.07, 6.45) is 4.46. The summed E-state index contributed by atoms with van der Waals surface area (Å²) >= 11 is 12.4. The second-order valence-corrected chi connectivity index (χ2v) is 7.47. The van der Waals surface area contributed by atoms with Crippen LogP contribution in [0.4, 0.5) is 17.2 Å². The first-order valence-corrected chi connectivity index (χ1v) is 9.61. The minimum absolute atomic E-state index is 0.130. The SMILES string of the molecule is O=c1[nH]c(S)cc(O)c1N=c1ncnc(Nc2c(S)cc(S)[nH]c2=O)c2c[nH]cc12. The van der Waals surface area contributed by atoms with Crippen LogP contribution in [0.15, 0.2) is 60.4 Å². The Hall–Kier alpha value is -3.16. The van der Waals surface area contributed by atoms with Gasteiger partial charge in [-0.2, -0.15) is 0 Å². The lowest BCUT2D eigenvalue weighted by atomic mass is 10.3. The number of H-pyrrole nitrogens is 3. The average Bonchev–Trinajstić information content (AvgIpc) is 3.07. The van der Waals surface area contributed by atoms with E-state index in [1.165, 1.54) is 12.4 Å². The van der Waals surface area contributed by atoms with Crippen molar-refractivity contribution in [3.05, 3.63) is 57.0 Å². The monoisotopic (exact) mass is 459 g/mol. The molecule has 4 aromatic rings. The number of anilines is 2. The number of aromatic nitrogens is 5. The molecule has 0 aliphatic heterocycles. The van der Waals surface area contributed by atoms with Crippen molar-refractivity contribution in [3.63, 3.8) is 0 Å². The fourth-order valence-electron chi connectivity index (χ4n) is 2.73. The van der Waals surface area contributed by atoms with Crippen molar-refractivity contribution in [2.24, 2.45) is 4.99 Å². The Morgan fingerprint density at radius 1 is 0.967 bits per heavy atom. The van der Waals surface area contributed by atoms with Gasteiger partial charge in [0.1, 0.15) is 23.6 Å². The van der Waals surface area contributed by atoms with E-state index >= 15 is 0 Å². The molecule has 0 radical (unpaired) electrons. The van der Waals surface area contributed by atoms with Gasteiger partial charge in [-0.25, -0.2) is 15.0 Å². The van der Waals surface area contributed by atoms with Gasteiger partial charge in [-0.15, -0.1) is 37.9 Å². The number of hydrogen-bond acceptors (Lipinski definition) is 10. The summed E-state index contributed by atoms with van der Waals surface area (Å²) in [5.74, 6) is -0.0399. The van der Waals surface area contributed by atoms with E-state index in [-0.39, 0.29) is 27.6 Å². The summed E-state index contributed by atoms with van der Waals surface area (Å²) in [6, 6.07) is 2.84. The molecule has 0 atom stereocenters. The summed E-state index contributed by atoms with van der Waals surface area (Å²) in [4.78, 5) is 45.3. The Labute approximate surface area is 183 Å². The molecule has 0 saturated heterocycles. The van der Waals surface area contributed by atoms with Gasteiger partial charge in [-0.05, 0) is 6.07 Å². The summed E-state index contributed by atoms with van der Waals surface area (Å²) in [6.45, 7) is 0. The highest BCUT2D eigenvalue weighted by Gasteiger charge is 2.12. The van der Waals surface area contributed by atoms with Crippen LogP contribution in [-0.2, 0) is 0 Å². The number of thiol groups is 3. The van der Waals surface area contributed by atoms with Crippen LogP contribution in [-0.4, -0.2) is 30.0 Å². The predicted molar refractivity (Wildman–Crippen MR) is 120 cm³/mol. The van der Waals surface area contributed by atoms with Gasteiger partial charge in [0.2, 0.25) is 0 Å². The maximum Gasteiger partial charge on any atom is 0.278 e. The smallest absolute Gasteiger partial charge is 0.278 e. The molecule has 5 N–H and O–H groups in total. The Bertz CT molecular complexity index is 1480. The van der Waals surface area contributed by atoms with Crippen molar-refractivity contribution in [3.8, 4) is 5.75 Å². The van der Waals surface area contributed by atoms with E-state index in [0.717, 1.165) is 0 Å². The summed E-state index contributed by atoms with van der Waals surface area (Å²) in [5, 5.41) is 14.6. The topological polar surface area (TPSA) is 152 Å². The first-order valence-electron chi connectivity index (χ1n) is 8.27. The molecule has 30 heavy (non-hydrogen) atoms. The molecule has 0 aromatic carbocycles. The van der Waals surface area contributed by atoms with E-state index in [9.17, 15) is 14.7 Å². The fraction of sp³-hybridized carbons (Fsp3) is 0. The third-order valence-corrected chi connectivity index (χ3v) is 4.87. The Kier molecular flexibility index (Phi) is 5.32. The molecule has 0 fully saturated rings. The van der Waals surface area contributed by atoms with E-state index in [0.29, 0.717) is 26.5 Å².